The fourth-order valence-corrected chi connectivity index (χ4v) is 3.65. The molecule has 2 aromatic rings. The smallest absolute Gasteiger partial charge is 0.191 e. The van der Waals surface area contributed by atoms with Gasteiger partial charge < -0.3 is 19.9 Å². The van der Waals surface area contributed by atoms with Crippen LogP contribution in [0.1, 0.15) is 49.7 Å². The van der Waals surface area contributed by atoms with E-state index < -0.39 is 0 Å². The number of methoxy groups -OCH3 is 1. The van der Waals surface area contributed by atoms with Crippen molar-refractivity contribution in [2.75, 3.05) is 33.3 Å². The van der Waals surface area contributed by atoms with E-state index in [0.717, 1.165) is 55.8 Å². The molecule has 1 fully saturated rings. The van der Waals surface area contributed by atoms with E-state index in [2.05, 4.69) is 57.7 Å². The first-order valence-electron chi connectivity index (χ1n) is 10.6. The highest BCUT2D eigenvalue weighted by molar-refractivity contribution is 5.79. The lowest BCUT2D eigenvalue weighted by Gasteiger charge is -2.29. The molecular formula is C22H33N5O2. The molecule has 29 heavy (non-hydrogen) atoms. The van der Waals surface area contributed by atoms with Crippen LogP contribution in [-0.4, -0.2) is 49.3 Å². The third-order valence-corrected chi connectivity index (χ3v) is 5.23. The Balaban J connectivity index is 1.70. The minimum atomic E-state index is 0.272. The van der Waals surface area contributed by atoms with Crippen molar-refractivity contribution in [3.05, 3.63) is 47.3 Å². The zero-order valence-corrected chi connectivity index (χ0v) is 17.8. The lowest BCUT2D eigenvalue weighted by Crippen LogP contribution is -2.42. The number of aromatic nitrogens is 1. The molecular weight excluding hydrogens is 366 g/mol. The molecule has 1 atom stereocenters. The van der Waals surface area contributed by atoms with Gasteiger partial charge >= 0.3 is 0 Å². The van der Waals surface area contributed by atoms with Crippen LogP contribution in [-0.2, 0) is 13.0 Å². The van der Waals surface area contributed by atoms with Crippen LogP contribution >= 0.6 is 0 Å². The summed E-state index contributed by atoms with van der Waals surface area (Å²) in [4.78, 5) is 7.21. The predicted molar refractivity (Wildman–Crippen MR) is 115 cm³/mol. The fraction of sp³-hybridized carbons (Fsp3) is 0.545. The molecule has 7 heteroatoms. The molecule has 1 aromatic heterocycles. The van der Waals surface area contributed by atoms with Gasteiger partial charge in [0.05, 0.1) is 18.8 Å². The Morgan fingerprint density at radius 2 is 2.07 bits per heavy atom. The molecule has 0 saturated carbocycles. The van der Waals surface area contributed by atoms with Gasteiger partial charge in [0.1, 0.15) is 12.3 Å². The van der Waals surface area contributed by atoms with Crippen LogP contribution in [0.25, 0.3) is 0 Å². The average Bonchev–Trinajstić information content (AvgIpc) is 3.44. The number of benzene rings is 1. The molecule has 0 amide bonds. The molecule has 0 radical (unpaired) electrons. The van der Waals surface area contributed by atoms with Gasteiger partial charge in [0.2, 0.25) is 0 Å². The van der Waals surface area contributed by atoms with E-state index in [1.54, 1.807) is 7.11 Å². The van der Waals surface area contributed by atoms with Gasteiger partial charge in [-0.2, -0.15) is 0 Å². The maximum absolute atomic E-state index is 5.44. The fourth-order valence-electron chi connectivity index (χ4n) is 3.65. The van der Waals surface area contributed by atoms with Crippen LogP contribution in [0.2, 0.25) is 0 Å². The van der Waals surface area contributed by atoms with E-state index in [1.807, 2.05) is 12.1 Å². The van der Waals surface area contributed by atoms with E-state index in [-0.39, 0.29) is 6.04 Å². The minimum absolute atomic E-state index is 0.272. The van der Waals surface area contributed by atoms with Gasteiger partial charge in [-0.05, 0) is 57.0 Å². The van der Waals surface area contributed by atoms with Crippen LogP contribution in [0.4, 0.5) is 0 Å². The third-order valence-electron chi connectivity index (χ3n) is 5.23. The number of aryl methyl sites for hydroxylation is 1. The van der Waals surface area contributed by atoms with Crippen LogP contribution < -0.4 is 15.4 Å². The van der Waals surface area contributed by atoms with E-state index in [4.69, 9.17) is 9.26 Å². The Morgan fingerprint density at radius 1 is 1.24 bits per heavy atom. The predicted octanol–water partition coefficient (Wildman–Crippen LogP) is 3.14. The monoisotopic (exact) mass is 399 g/mol. The molecule has 0 aliphatic carbocycles. The highest BCUT2D eigenvalue weighted by Crippen LogP contribution is 2.27. The Labute approximate surface area is 173 Å². The van der Waals surface area contributed by atoms with Gasteiger partial charge in [-0.15, -0.1) is 0 Å². The van der Waals surface area contributed by atoms with Crippen molar-refractivity contribution in [1.82, 2.24) is 20.7 Å². The van der Waals surface area contributed by atoms with Crippen LogP contribution in [0.15, 0.2) is 39.8 Å². The highest BCUT2D eigenvalue weighted by atomic mass is 16.5. The number of hydrogen-bond donors (Lipinski definition) is 2. The molecule has 1 aliphatic heterocycles. The van der Waals surface area contributed by atoms with E-state index in [1.165, 1.54) is 18.4 Å². The topological polar surface area (TPSA) is 74.9 Å². The molecule has 2 heterocycles. The summed E-state index contributed by atoms with van der Waals surface area (Å²) in [6, 6.07) is 10.6. The molecule has 0 spiro atoms. The van der Waals surface area contributed by atoms with Crippen LogP contribution in [0, 0.1) is 0 Å². The molecule has 1 unspecified atom stereocenters. The number of ether oxygens (including phenoxy) is 1. The van der Waals surface area contributed by atoms with Crippen molar-refractivity contribution in [3.63, 3.8) is 0 Å². The summed E-state index contributed by atoms with van der Waals surface area (Å²) < 4.78 is 10.8. The molecule has 0 bridgehead atoms. The third kappa shape index (κ3) is 5.97. The molecule has 1 saturated heterocycles. The van der Waals surface area contributed by atoms with Gasteiger partial charge in [0.25, 0.3) is 0 Å². The zero-order chi connectivity index (χ0) is 20.5. The maximum Gasteiger partial charge on any atom is 0.191 e. The highest BCUT2D eigenvalue weighted by Gasteiger charge is 2.24. The Hall–Kier alpha value is -2.54. The van der Waals surface area contributed by atoms with Crippen molar-refractivity contribution in [1.29, 1.82) is 0 Å². The molecule has 7 nitrogen and oxygen atoms in total. The number of hydrogen-bond acceptors (Lipinski definition) is 5. The number of rotatable bonds is 9. The summed E-state index contributed by atoms with van der Waals surface area (Å²) >= 11 is 0. The number of likely N-dealkylation sites (tertiary alicyclic amines) is 1. The molecule has 3 rings (SSSR count). The first-order valence-corrected chi connectivity index (χ1v) is 10.6. The summed E-state index contributed by atoms with van der Waals surface area (Å²) in [6.45, 7) is 8.42. The van der Waals surface area contributed by atoms with Crippen molar-refractivity contribution in [2.45, 2.75) is 45.7 Å². The number of guanidine groups is 1. The molecule has 158 valence electrons. The Morgan fingerprint density at radius 3 is 2.76 bits per heavy atom. The normalized spacial score (nSPS) is 16.0. The first kappa shape index (κ1) is 21.2. The summed E-state index contributed by atoms with van der Waals surface area (Å²) in [6.07, 6.45) is 3.36. The van der Waals surface area contributed by atoms with Gasteiger partial charge in [0.15, 0.2) is 11.7 Å². The van der Waals surface area contributed by atoms with Crippen molar-refractivity contribution >= 4 is 5.96 Å². The largest absolute Gasteiger partial charge is 0.497 e. The van der Waals surface area contributed by atoms with Crippen molar-refractivity contribution in [3.8, 4) is 5.75 Å². The van der Waals surface area contributed by atoms with E-state index in [9.17, 15) is 0 Å². The lowest BCUT2D eigenvalue weighted by atomic mass is 10.1. The molecule has 2 N–H and O–H groups in total. The summed E-state index contributed by atoms with van der Waals surface area (Å²) in [7, 11) is 1.71. The van der Waals surface area contributed by atoms with Crippen molar-refractivity contribution < 1.29 is 9.26 Å². The van der Waals surface area contributed by atoms with Gasteiger partial charge in [-0.3, -0.25) is 4.90 Å². The van der Waals surface area contributed by atoms with E-state index in [0.29, 0.717) is 6.54 Å². The van der Waals surface area contributed by atoms with Crippen LogP contribution in [0.3, 0.4) is 0 Å². The zero-order valence-electron chi connectivity index (χ0n) is 17.8. The second kappa shape index (κ2) is 10.9. The quantitative estimate of drug-likeness (QED) is 0.498. The van der Waals surface area contributed by atoms with E-state index >= 15 is 0 Å². The Bertz CT molecular complexity index is 783. The summed E-state index contributed by atoms with van der Waals surface area (Å²) in [5.41, 5.74) is 2.22. The maximum atomic E-state index is 5.44. The van der Waals surface area contributed by atoms with Gasteiger partial charge in [-0.25, -0.2) is 4.99 Å². The second-order valence-corrected chi connectivity index (χ2v) is 7.25. The number of aliphatic imine (C=N–C) groups is 1. The first-order chi connectivity index (χ1) is 14.2. The number of nitrogens with zero attached hydrogens (tertiary/aromatic N) is 3. The second-order valence-electron chi connectivity index (χ2n) is 7.25. The molecule has 1 aromatic carbocycles. The standard InChI is InChI=1S/C22H33N5O2/c1-4-18-14-20(29-26-18)15-24-22(23-5-2)25-16-21(27-11-6-7-12-27)17-9-8-10-19(13-17)28-3/h8-10,13-14,21H,4-7,11-12,15-16H2,1-3H3,(H2,23,24,25). The van der Waals surface area contributed by atoms with Gasteiger partial charge in [-0.1, -0.05) is 24.2 Å². The van der Waals surface area contributed by atoms with Crippen LogP contribution in [0.5, 0.6) is 5.75 Å². The average molecular weight is 400 g/mol. The summed E-state index contributed by atoms with van der Waals surface area (Å²) in [5, 5.41) is 10.9. The Kier molecular flexibility index (Phi) is 7.93. The van der Waals surface area contributed by atoms with Crippen molar-refractivity contribution in [2.24, 2.45) is 4.99 Å². The van der Waals surface area contributed by atoms with Gasteiger partial charge in [0, 0.05) is 19.2 Å². The molecule has 1 aliphatic rings. The minimum Gasteiger partial charge on any atom is -0.497 e. The summed E-state index contributed by atoms with van der Waals surface area (Å²) in [5.74, 6) is 2.46. The lowest BCUT2D eigenvalue weighted by molar-refractivity contribution is 0.245. The SMILES string of the molecule is CCNC(=NCc1cc(CC)no1)NCC(c1cccc(OC)c1)N1CCCC1. The number of nitrogens with one attached hydrogen (secondary N) is 2.